The highest BCUT2D eigenvalue weighted by Gasteiger charge is 2.17. The summed E-state index contributed by atoms with van der Waals surface area (Å²) in [5.74, 6) is 0.249. The van der Waals surface area contributed by atoms with Crippen LogP contribution in [0.4, 0.5) is 27.5 Å². The van der Waals surface area contributed by atoms with E-state index < -0.39 is 5.82 Å². The number of aromatic hydroxyl groups is 1. The molecule has 0 radical (unpaired) electrons. The number of hydrogen-bond donors (Lipinski definition) is 4. The number of aromatic nitrogens is 2. The normalized spacial score (nSPS) is 13.6. The first-order valence-electron chi connectivity index (χ1n) is 12.2. The molecule has 1 aliphatic rings. The van der Waals surface area contributed by atoms with Crippen LogP contribution in [0.5, 0.6) is 5.75 Å². The van der Waals surface area contributed by atoms with Gasteiger partial charge in [-0.1, -0.05) is 35.9 Å². The second-order valence-electron chi connectivity index (χ2n) is 8.91. The maximum Gasteiger partial charge on any atom is 0.245 e. The Labute approximate surface area is 225 Å². The number of piperazine rings is 1. The van der Waals surface area contributed by atoms with Crippen molar-refractivity contribution in [2.45, 2.75) is 6.92 Å². The maximum absolute atomic E-state index is 14.3. The molecule has 0 saturated carbocycles. The van der Waals surface area contributed by atoms with Crippen LogP contribution in [0.2, 0.25) is 5.02 Å². The summed E-state index contributed by atoms with van der Waals surface area (Å²) in [6.45, 7) is 4.91. The number of halogens is 2. The summed E-state index contributed by atoms with van der Waals surface area (Å²) >= 11 is 6.36. The minimum atomic E-state index is -0.451. The van der Waals surface area contributed by atoms with E-state index in [1.54, 1.807) is 18.3 Å². The maximum atomic E-state index is 14.3. The van der Waals surface area contributed by atoms with Crippen molar-refractivity contribution in [3.63, 3.8) is 0 Å². The lowest BCUT2D eigenvalue weighted by atomic mass is 10.0. The molecular weight excluding hydrogens is 505 g/mol. The van der Waals surface area contributed by atoms with E-state index in [-0.39, 0.29) is 17.5 Å². The summed E-state index contributed by atoms with van der Waals surface area (Å²) in [5.41, 5.74) is 7.88. The highest BCUT2D eigenvalue weighted by molar-refractivity contribution is 6.31. The van der Waals surface area contributed by atoms with Gasteiger partial charge in [-0.05, 0) is 60.0 Å². The van der Waals surface area contributed by atoms with Crippen LogP contribution in [0, 0.1) is 12.7 Å². The smallest absolute Gasteiger partial charge is 0.245 e. The van der Waals surface area contributed by atoms with Crippen molar-refractivity contribution >= 4 is 41.0 Å². The van der Waals surface area contributed by atoms with Crippen molar-refractivity contribution in [1.29, 1.82) is 0 Å². The van der Waals surface area contributed by atoms with Crippen molar-refractivity contribution in [3.8, 4) is 16.9 Å². The van der Waals surface area contributed by atoms with E-state index in [0.29, 0.717) is 23.7 Å². The van der Waals surface area contributed by atoms with Crippen LogP contribution in [0.25, 0.3) is 11.1 Å². The van der Waals surface area contributed by atoms with Crippen molar-refractivity contribution < 1.29 is 9.50 Å². The summed E-state index contributed by atoms with van der Waals surface area (Å²) < 4.78 is 14.3. The Kier molecular flexibility index (Phi) is 7.67. The fourth-order valence-electron chi connectivity index (χ4n) is 4.27. The van der Waals surface area contributed by atoms with Crippen molar-refractivity contribution in [3.05, 3.63) is 88.8 Å². The molecule has 194 valence electrons. The van der Waals surface area contributed by atoms with E-state index in [1.165, 1.54) is 0 Å². The van der Waals surface area contributed by atoms with Gasteiger partial charge >= 0.3 is 0 Å². The van der Waals surface area contributed by atoms with Gasteiger partial charge in [-0.25, -0.2) is 14.8 Å². The monoisotopic (exact) mass is 531 g/mol. The summed E-state index contributed by atoms with van der Waals surface area (Å²) in [6.07, 6.45) is 2.83. The summed E-state index contributed by atoms with van der Waals surface area (Å²) in [6, 6.07) is 18.6. The largest absolute Gasteiger partial charge is 0.507 e. The quantitative estimate of drug-likeness (QED) is 0.183. The first-order valence-corrected chi connectivity index (χ1v) is 12.6. The number of phenolic OH excluding ortho intramolecular Hbond substituents is 1. The van der Waals surface area contributed by atoms with Gasteiger partial charge in [0.1, 0.15) is 5.75 Å². The Morgan fingerprint density at radius 3 is 2.68 bits per heavy atom. The van der Waals surface area contributed by atoms with Crippen LogP contribution in [0.15, 0.2) is 72.0 Å². The number of para-hydroxylation sites is 1. The predicted octanol–water partition coefficient (Wildman–Crippen LogP) is 5.55. The molecule has 38 heavy (non-hydrogen) atoms. The van der Waals surface area contributed by atoms with Crippen molar-refractivity contribution in [2.24, 2.45) is 5.10 Å². The summed E-state index contributed by atoms with van der Waals surface area (Å²) in [5, 5.41) is 21.6. The third-order valence-corrected chi connectivity index (χ3v) is 6.40. The van der Waals surface area contributed by atoms with Crippen LogP contribution in [-0.2, 0) is 0 Å². The average Bonchev–Trinajstić information content (AvgIpc) is 2.91. The Bertz CT molecular complexity index is 1470. The molecule has 10 heteroatoms. The van der Waals surface area contributed by atoms with Crippen LogP contribution in [0.3, 0.4) is 0 Å². The fourth-order valence-corrected chi connectivity index (χ4v) is 4.51. The molecule has 5 rings (SSSR count). The number of hydrazone groups is 1. The zero-order valence-electron chi connectivity index (χ0n) is 20.7. The molecule has 0 spiro atoms. The number of nitrogens with one attached hydrogen (secondary N) is 3. The number of anilines is 4. The van der Waals surface area contributed by atoms with Gasteiger partial charge in [0.15, 0.2) is 11.6 Å². The van der Waals surface area contributed by atoms with Crippen molar-refractivity contribution in [1.82, 2.24) is 15.3 Å². The van der Waals surface area contributed by atoms with Gasteiger partial charge in [0.05, 0.1) is 12.4 Å². The first-order chi connectivity index (χ1) is 18.5. The first kappa shape index (κ1) is 25.4. The van der Waals surface area contributed by atoms with E-state index in [9.17, 15) is 9.50 Å². The minimum absolute atomic E-state index is 0.194. The molecule has 1 aliphatic heterocycles. The third kappa shape index (κ3) is 6.01. The zero-order chi connectivity index (χ0) is 26.5. The molecule has 0 aliphatic carbocycles. The number of benzene rings is 3. The van der Waals surface area contributed by atoms with E-state index >= 15 is 0 Å². The molecule has 1 fully saturated rings. The van der Waals surface area contributed by atoms with Crippen LogP contribution in [-0.4, -0.2) is 47.5 Å². The van der Waals surface area contributed by atoms with Gasteiger partial charge in [-0.3, -0.25) is 0 Å². The molecular formula is C28H27ClFN7O. The lowest BCUT2D eigenvalue weighted by molar-refractivity contribution is 0.477. The van der Waals surface area contributed by atoms with Crippen LogP contribution < -0.4 is 21.0 Å². The number of phenols is 1. The van der Waals surface area contributed by atoms with Gasteiger partial charge in [-0.15, -0.1) is 0 Å². The molecule has 4 N–H and O–H groups in total. The topological polar surface area (TPSA) is 97.7 Å². The van der Waals surface area contributed by atoms with Crippen molar-refractivity contribution in [2.75, 3.05) is 41.8 Å². The SMILES string of the molecule is Cc1cc(Nc2cc(Cl)cc(-c3ccccc3O)c2)ccc1/C=N/Nc1ncc(F)c(N2CCNCC2)n1. The average molecular weight is 532 g/mol. The van der Waals surface area contributed by atoms with E-state index in [0.717, 1.165) is 47.4 Å². The molecule has 4 aromatic rings. The van der Waals surface area contributed by atoms with Gasteiger partial charge < -0.3 is 20.6 Å². The van der Waals surface area contributed by atoms with Gasteiger partial charge in [0.2, 0.25) is 5.95 Å². The van der Waals surface area contributed by atoms with Crippen LogP contribution >= 0.6 is 11.6 Å². The summed E-state index contributed by atoms with van der Waals surface area (Å²) in [7, 11) is 0. The number of aryl methyl sites for hydroxylation is 1. The zero-order valence-corrected chi connectivity index (χ0v) is 21.5. The van der Waals surface area contributed by atoms with Gasteiger partial charge in [0.25, 0.3) is 0 Å². The molecule has 1 saturated heterocycles. The second kappa shape index (κ2) is 11.5. The lowest BCUT2D eigenvalue weighted by Crippen LogP contribution is -2.44. The molecule has 0 atom stereocenters. The van der Waals surface area contributed by atoms with E-state index in [1.807, 2.05) is 60.4 Å². The fraction of sp³-hybridized carbons (Fsp3) is 0.179. The number of rotatable bonds is 7. The lowest BCUT2D eigenvalue weighted by Gasteiger charge is -2.28. The predicted molar refractivity (Wildman–Crippen MR) is 151 cm³/mol. The van der Waals surface area contributed by atoms with E-state index in [2.05, 4.69) is 31.1 Å². The Balaban J connectivity index is 1.27. The Morgan fingerprint density at radius 2 is 1.89 bits per heavy atom. The molecule has 0 unspecified atom stereocenters. The van der Waals surface area contributed by atoms with Gasteiger partial charge in [0, 0.05) is 48.1 Å². The van der Waals surface area contributed by atoms with Crippen LogP contribution in [0.1, 0.15) is 11.1 Å². The molecule has 2 heterocycles. The molecule has 0 bridgehead atoms. The highest BCUT2D eigenvalue weighted by Crippen LogP contribution is 2.34. The second-order valence-corrected chi connectivity index (χ2v) is 9.35. The summed E-state index contributed by atoms with van der Waals surface area (Å²) in [4.78, 5) is 10.2. The third-order valence-electron chi connectivity index (χ3n) is 6.18. The minimum Gasteiger partial charge on any atom is -0.507 e. The standard InChI is InChI=1S/C28H27ClFN7O/c1-18-12-22(34-23-14-20(13-21(29)15-23)24-4-2-3-5-26(24)38)7-6-19(18)16-33-36-28-32-17-25(30)27(35-28)37-10-8-31-9-11-37/h2-7,12-17,31,34,38H,8-11H2,1H3,(H,32,35,36)/b33-16+. The number of hydrogen-bond acceptors (Lipinski definition) is 8. The molecule has 1 aromatic heterocycles. The Morgan fingerprint density at radius 1 is 1.08 bits per heavy atom. The Hall–Kier alpha value is -4.21. The molecule has 0 amide bonds. The van der Waals surface area contributed by atoms with Gasteiger partial charge in [-0.2, -0.15) is 10.1 Å². The number of nitrogens with zero attached hydrogens (tertiary/aromatic N) is 4. The highest BCUT2D eigenvalue weighted by atomic mass is 35.5. The van der Waals surface area contributed by atoms with E-state index in [4.69, 9.17) is 11.6 Å². The molecule has 3 aromatic carbocycles. The molecule has 8 nitrogen and oxygen atoms in total.